The van der Waals surface area contributed by atoms with Crippen molar-refractivity contribution in [2.45, 2.75) is 64.3 Å². The van der Waals surface area contributed by atoms with Crippen LogP contribution in [0.4, 0.5) is 0 Å². The van der Waals surface area contributed by atoms with E-state index in [0.29, 0.717) is 11.8 Å². The van der Waals surface area contributed by atoms with Crippen molar-refractivity contribution in [2.75, 3.05) is 27.2 Å². The molecular weight excluding hydrogens is 260 g/mol. The van der Waals surface area contributed by atoms with Crippen molar-refractivity contribution in [1.29, 1.82) is 0 Å². The van der Waals surface area contributed by atoms with E-state index in [0.717, 1.165) is 26.1 Å². The number of nitrogens with zero attached hydrogens (tertiary/aromatic N) is 3. The Labute approximate surface area is 129 Å². The van der Waals surface area contributed by atoms with Gasteiger partial charge in [-0.15, -0.1) is 0 Å². The van der Waals surface area contributed by atoms with Gasteiger partial charge in [-0.3, -0.25) is 4.68 Å². The fraction of sp³-hybridized carbons (Fsp3) is 0.824. The number of aromatic nitrogens is 2. The maximum absolute atomic E-state index is 5.83. The Bertz CT molecular complexity index is 448. The average Bonchev–Trinajstić information content (AvgIpc) is 2.79. The third-order valence-electron chi connectivity index (χ3n) is 4.54. The van der Waals surface area contributed by atoms with Crippen LogP contribution in [0.25, 0.3) is 0 Å². The zero-order chi connectivity index (χ0) is 15.4. The van der Waals surface area contributed by atoms with E-state index in [-0.39, 0.29) is 0 Å². The van der Waals surface area contributed by atoms with Crippen molar-refractivity contribution in [3.8, 4) is 0 Å². The summed E-state index contributed by atoms with van der Waals surface area (Å²) in [6.07, 6.45) is 6.04. The van der Waals surface area contributed by atoms with Crippen molar-refractivity contribution in [3.05, 3.63) is 17.0 Å². The first-order valence-electron chi connectivity index (χ1n) is 8.48. The standard InChI is InChI=1S/C17H32N4/c1-13(2)17-16-14(9-10-18)7-5-8-15(16)21(19-17)12-6-11-20(3)4/h13-14H,5-12,18H2,1-4H3. The molecule has 1 aromatic rings. The number of aryl methyl sites for hydroxylation is 1. The highest BCUT2D eigenvalue weighted by Gasteiger charge is 2.28. The van der Waals surface area contributed by atoms with E-state index < -0.39 is 0 Å². The van der Waals surface area contributed by atoms with Crippen LogP contribution in [0.3, 0.4) is 0 Å². The van der Waals surface area contributed by atoms with Crippen LogP contribution in [0.2, 0.25) is 0 Å². The fourth-order valence-corrected chi connectivity index (χ4v) is 3.54. The van der Waals surface area contributed by atoms with Crippen LogP contribution in [0.5, 0.6) is 0 Å². The minimum atomic E-state index is 0.507. The molecule has 4 nitrogen and oxygen atoms in total. The molecule has 4 heteroatoms. The number of hydrogen-bond donors (Lipinski definition) is 1. The molecule has 0 saturated carbocycles. The third-order valence-corrected chi connectivity index (χ3v) is 4.54. The van der Waals surface area contributed by atoms with Gasteiger partial charge < -0.3 is 10.6 Å². The lowest BCUT2D eigenvalue weighted by Gasteiger charge is -2.24. The molecular formula is C17H32N4. The Hall–Kier alpha value is -0.870. The van der Waals surface area contributed by atoms with E-state index in [1.54, 1.807) is 5.56 Å². The molecule has 0 fully saturated rings. The van der Waals surface area contributed by atoms with E-state index in [4.69, 9.17) is 10.8 Å². The average molecular weight is 292 g/mol. The first-order valence-corrected chi connectivity index (χ1v) is 8.48. The molecule has 0 aliphatic heterocycles. The summed E-state index contributed by atoms with van der Waals surface area (Å²) in [5.74, 6) is 1.14. The summed E-state index contributed by atoms with van der Waals surface area (Å²) in [5, 5.41) is 4.98. The maximum atomic E-state index is 5.83. The van der Waals surface area contributed by atoms with Gasteiger partial charge in [-0.25, -0.2) is 0 Å². The molecule has 2 rings (SSSR count). The summed E-state index contributed by atoms with van der Waals surface area (Å²) in [6, 6.07) is 0. The van der Waals surface area contributed by atoms with Crippen LogP contribution in [0, 0.1) is 0 Å². The van der Waals surface area contributed by atoms with Crippen LogP contribution in [-0.2, 0) is 13.0 Å². The molecule has 0 bridgehead atoms. The molecule has 0 amide bonds. The van der Waals surface area contributed by atoms with Crippen molar-refractivity contribution in [2.24, 2.45) is 5.73 Å². The molecule has 1 heterocycles. The molecule has 1 aliphatic rings. The largest absolute Gasteiger partial charge is 0.330 e. The van der Waals surface area contributed by atoms with E-state index >= 15 is 0 Å². The zero-order valence-corrected chi connectivity index (χ0v) is 14.2. The topological polar surface area (TPSA) is 47.1 Å². The molecule has 1 aliphatic carbocycles. The second-order valence-electron chi connectivity index (χ2n) is 6.95. The zero-order valence-electron chi connectivity index (χ0n) is 14.2. The van der Waals surface area contributed by atoms with Gasteiger partial charge in [0.05, 0.1) is 5.69 Å². The van der Waals surface area contributed by atoms with Crippen LogP contribution >= 0.6 is 0 Å². The van der Waals surface area contributed by atoms with Crippen molar-refractivity contribution in [3.63, 3.8) is 0 Å². The minimum Gasteiger partial charge on any atom is -0.330 e. The molecule has 1 unspecified atom stereocenters. The normalized spacial score (nSPS) is 18.5. The molecule has 1 aromatic heterocycles. The van der Waals surface area contributed by atoms with E-state index in [9.17, 15) is 0 Å². The smallest absolute Gasteiger partial charge is 0.0687 e. The van der Waals surface area contributed by atoms with Gasteiger partial charge in [-0.05, 0) is 76.7 Å². The predicted molar refractivity (Wildman–Crippen MR) is 88.8 cm³/mol. The Morgan fingerprint density at radius 1 is 1.38 bits per heavy atom. The molecule has 2 N–H and O–H groups in total. The number of rotatable bonds is 7. The van der Waals surface area contributed by atoms with Gasteiger partial charge in [-0.2, -0.15) is 5.10 Å². The van der Waals surface area contributed by atoms with Crippen molar-refractivity contribution >= 4 is 0 Å². The van der Waals surface area contributed by atoms with E-state index in [2.05, 4.69) is 37.5 Å². The van der Waals surface area contributed by atoms with Gasteiger partial charge in [0, 0.05) is 12.2 Å². The van der Waals surface area contributed by atoms with Gasteiger partial charge >= 0.3 is 0 Å². The highest BCUT2D eigenvalue weighted by atomic mass is 15.3. The Balaban J connectivity index is 2.24. The fourth-order valence-electron chi connectivity index (χ4n) is 3.54. The predicted octanol–water partition coefficient (Wildman–Crippen LogP) is 2.73. The summed E-state index contributed by atoms with van der Waals surface area (Å²) in [5.41, 5.74) is 10.2. The monoisotopic (exact) mass is 292 g/mol. The minimum absolute atomic E-state index is 0.507. The first-order chi connectivity index (χ1) is 10.0. The second-order valence-corrected chi connectivity index (χ2v) is 6.95. The summed E-state index contributed by atoms with van der Waals surface area (Å²) in [4.78, 5) is 2.25. The van der Waals surface area contributed by atoms with Gasteiger partial charge in [0.15, 0.2) is 0 Å². The lowest BCUT2D eigenvalue weighted by molar-refractivity contribution is 0.376. The molecule has 120 valence electrons. The third kappa shape index (κ3) is 3.86. The molecule has 0 saturated heterocycles. The second kappa shape index (κ2) is 7.41. The first kappa shape index (κ1) is 16.5. The van der Waals surface area contributed by atoms with E-state index in [1.165, 1.54) is 37.1 Å². The molecule has 0 radical (unpaired) electrons. The van der Waals surface area contributed by atoms with Crippen LogP contribution < -0.4 is 5.73 Å². The highest BCUT2D eigenvalue weighted by molar-refractivity contribution is 5.34. The van der Waals surface area contributed by atoms with Gasteiger partial charge in [-0.1, -0.05) is 13.8 Å². The number of hydrogen-bond acceptors (Lipinski definition) is 3. The number of fused-ring (bicyclic) bond motifs is 1. The Morgan fingerprint density at radius 3 is 2.76 bits per heavy atom. The molecule has 1 atom stereocenters. The van der Waals surface area contributed by atoms with Gasteiger partial charge in [0.25, 0.3) is 0 Å². The molecule has 21 heavy (non-hydrogen) atoms. The molecule has 0 aromatic carbocycles. The maximum Gasteiger partial charge on any atom is 0.0687 e. The van der Waals surface area contributed by atoms with Gasteiger partial charge in [0.1, 0.15) is 0 Å². The lowest BCUT2D eigenvalue weighted by atomic mass is 9.81. The van der Waals surface area contributed by atoms with Crippen LogP contribution in [0.15, 0.2) is 0 Å². The van der Waals surface area contributed by atoms with E-state index in [1.807, 2.05) is 0 Å². The van der Waals surface area contributed by atoms with Crippen molar-refractivity contribution < 1.29 is 0 Å². The number of nitrogens with two attached hydrogens (primary N) is 1. The molecule has 0 spiro atoms. The Morgan fingerprint density at radius 2 is 2.14 bits per heavy atom. The summed E-state index contributed by atoms with van der Waals surface area (Å²) >= 11 is 0. The summed E-state index contributed by atoms with van der Waals surface area (Å²) < 4.78 is 2.30. The van der Waals surface area contributed by atoms with Crippen LogP contribution in [-0.4, -0.2) is 41.9 Å². The quantitative estimate of drug-likeness (QED) is 0.840. The summed E-state index contributed by atoms with van der Waals surface area (Å²) in [7, 11) is 4.27. The van der Waals surface area contributed by atoms with Crippen molar-refractivity contribution in [1.82, 2.24) is 14.7 Å². The highest BCUT2D eigenvalue weighted by Crippen LogP contribution is 2.38. The Kier molecular flexibility index (Phi) is 5.82. The van der Waals surface area contributed by atoms with Crippen LogP contribution in [0.1, 0.15) is 68.3 Å². The summed E-state index contributed by atoms with van der Waals surface area (Å²) in [6.45, 7) is 7.48. The SMILES string of the molecule is CC(C)c1nn(CCCN(C)C)c2c1C(CCN)CCC2. The van der Waals surface area contributed by atoms with Gasteiger partial charge in [0.2, 0.25) is 0 Å². The lowest BCUT2D eigenvalue weighted by Crippen LogP contribution is -2.18.